The van der Waals surface area contributed by atoms with Crippen molar-refractivity contribution < 1.29 is 19.4 Å². The lowest BCUT2D eigenvalue weighted by Crippen LogP contribution is -2.58. The smallest absolute Gasteiger partial charge is 0.251 e. The van der Waals surface area contributed by atoms with Gasteiger partial charge < -0.3 is 20.1 Å². The molecule has 7 atom stereocenters. The summed E-state index contributed by atoms with van der Waals surface area (Å²) in [5.74, 6) is 0.862. The van der Waals surface area contributed by atoms with Crippen LogP contribution < -0.4 is 10.1 Å². The minimum Gasteiger partial charge on any atom is -0.497 e. The maximum absolute atomic E-state index is 13.2. The fourth-order valence-electron chi connectivity index (χ4n) is 7.08. The molecule has 3 fully saturated rings. The molecular formula is C28H42N2O4. The standard InChI is InChI=1S/C28H42N2O4/c1-18(27(33)30-16-6-5-7-17-30)22-12-14-28(3)15-13-23(19(2)24(28)25(22)31)29-26(32)20-8-10-21(34-4)11-9-20/h8-11,18-19,22-25,31H,5-7,12-17H2,1-4H3,(H,29,32). The second kappa shape index (κ2) is 10.3. The van der Waals surface area contributed by atoms with Crippen molar-refractivity contribution in [2.75, 3.05) is 20.2 Å². The largest absolute Gasteiger partial charge is 0.497 e. The van der Waals surface area contributed by atoms with Crippen LogP contribution in [0.25, 0.3) is 0 Å². The minimum atomic E-state index is -0.529. The predicted molar refractivity (Wildman–Crippen MR) is 133 cm³/mol. The van der Waals surface area contributed by atoms with E-state index in [4.69, 9.17) is 4.74 Å². The van der Waals surface area contributed by atoms with E-state index in [2.05, 4.69) is 19.2 Å². The van der Waals surface area contributed by atoms with Gasteiger partial charge in [-0.2, -0.15) is 0 Å². The SMILES string of the molecule is COc1ccc(C(=O)NC2CCC3(C)CCC(C(C)C(=O)N4CCCCC4)C(O)C3C2C)cc1. The molecule has 2 aliphatic carbocycles. The van der Waals surface area contributed by atoms with Crippen molar-refractivity contribution in [2.45, 2.75) is 77.9 Å². The van der Waals surface area contributed by atoms with Crippen molar-refractivity contribution in [3.63, 3.8) is 0 Å². The fourth-order valence-corrected chi connectivity index (χ4v) is 7.08. The maximum Gasteiger partial charge on any atom is 0.251 e. The van der Waals surface area contributed by atoms with Crippen molar-refractivity contribution in [3.8, 4) is 5.75 Å². The number of hydrogen-bond acceptors (Lipinski definition) is 4. The molecule has 0 spiro atoms. The van der Waals surface area contributed by atoms with Gasteiger partial charge in [-0.25, -0.2) is 0 Å². The zero-order chi connectivity index (χ0) is 24.5. The Kier molecular flexibility index (Phi) is 7.56. The fraction of sp³-hybridized carbons (Fsp3) is 0.714. The van der Waals surface area contributed by atoms with Crippen LogP contribution in [0.5, 0.6) is 5.75 Å². The second-order valence-corrected chi connectivity index (χ2v) is 11.3. The summed E-state index contributed by atoms with van der Waals surface area (Å²) >= 11 is 0. The quantitative estimate of drug-likeness (QED) is 0.674. The van der Waals surface area contributed by atoms with Crippen LogP contribution >= 0.6 is 0 Å². The van der Waals surface area contributed by atoms with Gasteiger partial charge in [0.25, 0.3) is 5.91 Å². The molecular weight excluding hydrogens is 428 g/mol. The highest BCUT2D eigenvalue weighted by Gasteiger charge is 2.54. The van der Waals surface area contributed by atoms with Crippen LogP contribution in [0.15, 0.2) is 24.3 Å². The van der Waals surface area contributed by atoms with Crippen molar-refractivity contribution in [3.05, 3.63) is 29.8 Å². The monoisotopic (exact) mass is 470 g/mol. The summed E-state index contributed by atoms with van der Waals surface area (Å²) in [6.45, 7) is 8.19. The number of methoxy groups -OCH3 is 1. The number of rotatable bonds is 5. The summed E-state index contributed by atoms with van der Waals surface area (Å²) in [5.41, 5.74) is 0.661. The maximum atomic E-state index is 13.2. The molecule has 1 aliphatic heterocycles. The summed E-state index contributed by atoms with van der Waals surface area (Å²) in [6, 6.07) is 7.17. The highest BCUT2D eigenvalue weighted by atomic mass is 16.5. The molecule has 1 aromatic carbocycles. The zero-order valence-electron chi connectivity index (χ0n) is 21.3. The summed E-state index contributed by atoms with van der Waals surface area (Å²) in [7, 11) is 1.61. The molecule has 3 aliphatic rings. The Morgan fingerprint density at radius 3 is 2.41 bits per heavy atom. The Morgan fingerprint density at radius 2 is 1.76 bits per heavy atom. The molecule has 6 heteroatoms. The number of piperidine rings is 1. The summed E-state index contributed by atoms with van der Waals surface area (Å²) < 4.78 is 5.20. The average Bonchev–Trinajstić information content (AvgIpc) is 2.85. The number of carbonyl (C=O) groups excluding carboxylic acids is 2. The van der Waals surface area contributed by atoms with E-state index in [-0.39, 0.29) is 46.9 Å². The van der Waals surface area contributed by atoms with Crippen molar-refractivity contribution in [1.29, 1.82) is 0 Å². The summed E-state index contributed by atoms with van der Waals surface area (Å²) in [5, 5.41) is 14.9. The first-order valence-corrected chi connectivity index (χ1v) is 13.2. The molecule has 1 heterocycles. The van der Waals surface area contributed by atoms with Gasteiger partial charge in [-0.15, -0.1) is 0 Å². The Bertz CT molecular complexity index is 866. The third-order valence-corrected chi connectivity index (χ3v) is 9.26. The van der Waals surface area contributed by atoms with Crippen LogP contribution in [0.2, 0.25) is 0 Å². The van der Waals surface area contributed by atoms with Crippen LogP contribution in [-0.4, -0.2) is 54.2 Å². The van der Waals surface area contributed by atoms with Crippen LogP contribution in [-0.2, 0) is 4.79 Å². The number of nitrogens with zero attached hydrogens (tertiary/aromatic N) is 1. The molecule has 4 rings (SSSR count). The van der Waals surface area contributed by atoms with Crippen molar-refractivity contribution in [1.82, 2.24) is 10.2 Å². The first kappa shape index (κ1) is 25.0. The van der Waals surface area contributed by atoms with Crippen LogP contribution in [0, 0.1) is 29.1 Å². The van der Waals surface area contributed by atoms with Crippen LogP contribution in [0.1, 0.15) is 76.1 Å². The highest BCUT2D eigenvalue weighted by Crippen LogP contribution is 2.55. The third kappa shape index (κ3) is 4.84. The van der Waals surface area contributed by atoms with Crippen molar-refractivity contribution in [2.24, 2.45) is 29.1 Å². The van der Waals surface area contributed by atoms with Gasteiger partial charge >= 0.3 is 0 Å². The number of benzene rings is 1. The lowest BCUT2D eigenvalue weighted by molar-refractivity contribution is -0.150. The molecule has 7 unspecified atom stereocenters. The minimum absolute atomic E-state index is 0.00850. The number of carbonyl (C=O) groups is 2. The van der Waals surface area contributed by atoms with E-state index < -0.39 is 6.10 Å². The Labute approximate surface area is 204 Å². The van der Waals surface area contributed by atoms with E-state index in [1.807, 2.05) is 11.8 Å². The molecule has 0 bridgehead atoms. The van der Waals surface area contributed by atoms with E-state index in [0.717, 1.165) is 57.4 Å². The van der Waals surface area contributed by atoms with E-state index >= 15 is 0 Å². The molecule has 1 aromatic rings. The van der Waals surface area contributed by atoms with Gasteiger partial charge in [0, 0.05) is 30.6 Å². The lowest BCUT2D eigenvalue weighted by Gasteiger charge is -2.56. The molecule has 188 valence electrons. The van der Waals surface area contributed by atoms with Crippen LogP contribution in [0.3, 0.4) is 0 Å². The Balaban J connectivity index is 1.45. The number of likely N-dealkylation sites (tertiary alicyclic amines) is 1. The van der Waals surface area contributed by atoms with E-state index in [9.17, 15) is 14.7 Å². The Hall–Kier alpha value is -2.08. The number of amides is 2. The second-order valence-electron chi connectivity index (χ2n) is 11.3. The first-order valence-electron chi connectivity index (χ1n) is 13.2. The molecule has 6 nitrogen and oxygen atoms in total. The van der Waals surface area contributed by atoms with Gasteiger partial charge in [0.1, 0.15) is 5.75 Å². The van der Waals surface area contributed by atoms with Crippen LogP contribution in [0.4, 0.5) is 0 Å². The normalized spacial score (nSPS) is 34.6. The van der Waals surface area contributed by atoms with E-state index in [1.54, 1.807) is 31.4 Å². The lowest BCUT2D eigenvalue weighted by atomic mass is 9.51. The predicted octanol–water partition coefficient (Wildman–Crippen LogP) is 4.27. The van der Waals surface area contributed by atoms with Gasteiger partial charge in [-0.1, -0.05) is 20.8 Å². The van der Waals surface area contributed by atoms with E-state index in [0.29, 0.717) is 5.56 Å². The number of nitrogens with one attached hydrogen (secondary N) is 1. The number of hydrogen-bond donors (Lipinski definition) is 2. The Morgan fingerprint density at radius 1 is 1.12 bits per heavy atom. The first-order chi connectivity index (χ1) is 16.2. The topological polar surface area (TPSA) is 78.9 Å². The highest BCUT2D eigenvalue weighted by molar-refractivity contribution is 5.94. The number of aliphatic hydroxyl groups is 1. The number of aliphatic hydroxyl groups excluding tert-OH is 1. The molecule has 2 saturated carbocycles. The molecule has 2 amide bonds. The van der Waals surface area contributed by atoms with Gasteiger partial charge in [0.15, 0.2) is 0 Å². The van der Waals surface area contributed by atoms with Gasteiger partial charge in [0.2, 0.25) is 5.91 Å². The summed E-state index contributed by atoms with van der Waals surface area (Å²) in [4.78, 5) is 28.2. The van der Waals surface area contributed by atoms with Gasteiger partial charge in [-0.05, 0) is 92.4 Å². The molecule has 1 saturated heterocycles. The average molecular weight is 471 g/mol. The van der Waals surface area contributed by atoms with Gasteiger partial charge in [0.05, 0.1) is 13.2 Å². The third-order valence-electron chi connectivity index (χ3n) is 9.26. The molecule has 2 N–H and O–H groups in total. The summed E-state index contributed by atoms with van der Waals surface area (Å²) in [6.07, 6.45) is 6.65. The molecule has 0 radical (unpaired) electrons. The zero-order valence-corrected chi connectivity index (χ0v) is 21.3. The number of ether oxygens (including phenoxy) is 1. The van der Waals surface area contributed by atoms with Gasteiger partial charge in [-0.3, -0.25) is 9.59 Å². The number of fused-ring (bicyclic) bond motifs is 1. The molecule has 0 aromatic heterocycles. The van der Waals surface area contributed by atoms with Crippen molar-refractivity contribution >= 4 is 11.8 Å². The van der Waals surface area contributed by atoms with E-state index in [1.165, 1.54) is 6.42 Å². The molecule has 34 heavy (non-hydrogen) atoms.